The van der Waals surface area contributed by atoms with Crippen LogP contribution < -0.4 is 5.32 Å². The second kappa shape index (κ2) is 6.25. The number of nitrogens with one attached hydrogen (secondary N) is 1. The van der Waals surface area contributed by atoms with Crippen molar-refractivity contribution < 1.29 is 0 Å². The number of hydrogen-bond acceptors (Lipinski definition) is 2. The van der Waals surface area contributed by atoms with E-state index >= 15 is 0 Å². The molecule has 1 N–H and O–H groups in total. The first-order valence-electron chi connectivity index (χ1n) is 7.15. The van der Waals surface area contributed by atoms with Gasteiger partial charge in [-0.25, -0.2) is 0 Å². The Labute approximate surface area is 132 Å². The van der Waals surface area contributed by atoms with E-state index in [2.05, 4.69) is 60.3 Å². The van der Waals surface area contributed by atoms with E-state index < -0.39 is 0 Å². The molecule has 2 aliphatic rings. The van der Waals surface area contributed by atoms with Gasteiger partial charge in [-0.1, -0.05) is 12.5 Å². The van der Waals surface area contributed by atoms with Gasteiger partial charge in [-0.15, -0.1) is 0 Å². The Hall–Kier alpha value is 0.1000. The van der Waals surface area contributed by atoms with E-state index in [-0.39, 0.29) is 0 Å². The summed E-state index contributed by atoms with van der Waals surface area (Å²) in [6, 6.07) is 7.38. The zero-order chi connectivity index (χ0) is 13.2. The number of halogens is 2. The molecule has 2 nitrogen and oxygen atoms in total. The van der Waals surface area contributed by atoms with Gasteiger partial charge in [0.1, 0.15) is 0 Å². The molecule has 1 aromatic carbocycles. The first kappa shape index (κ1) is 14.1. The molecule has 1 atom stereocenters. The van der Waals surface area contributed by atoms with E-state index in [0.29, 0.717) is 6.04 Å². The normalized spacial score (nSPS) is 23.1. The zero-order valence-electron chi connectivity index (χ0n) is 11.0. The van der Waals surface area contributed by atoms with Crippen LogP contribution in [0.25, 0.3) is 0 Å². The lowest BCUT2D eigenvalue weighted by atomic mass is 9.76. The standard InChI is InChI=1S/C15H20Br2N2/c16-13-5-4-12(10-14(13)17)15(11-2-1-3-11)19-8-6-18-7-9-19/h4-5,10-11,15,18H,1-3,6-9H2/t15-/m0/s1. The van der Waals surface area contributed by atoms with Crippen molar-refractivity contribution in [3.05, 3.63) is 32.7 Å². The molecule has 3 rings (SSSR count). The fourth-order valence-electron chi connectivity index (χ4n) is 3.19. The van der Waals surface area contributed by atoms with Crippen LogP contribution in [0.5, 0.6) is 0 Å². The van der Waals surface area contributed by atoms with Gasteiger partial charge in [0.15, 0.2) is 0 Å². The maximum atomic E-state index is 3.65. The summed E-state index contributed by atoms with van der Waals surface area (Å²) in [6.07, 6.45) is 4.19. The van der Waals surface area contributed by atoms with Crippen LogP contribution in [0.3, 0.4) is 0 Å². The van der Waals surface area contributed by atoms with E-state index in [1.54, 1.807) is 0 Å². The number of piperazine rings is 1. The molecule has 0 unspecified atom stereocenters. The van der Waals surface area contributed by atoms with Crippen LogP contribution in [0.1, 0.15) is 30.9 Å². The Bertz CT molecular complexity index is 440. The first-order chi connectivity index (χ1) is 9.25. The molecule has 1 aliphatic heterocycles. The minimum Gasteiger partial charge on any atom is -0.314 e. The monoisotopic (exact) mass is 386 g/mol. The summed E-state index contributed by atoms with van der Waals surface area (Å²) in [5.41, 5.74) is 1.47. The fraction of sp³-hybridized carbons (Fsp3) is 0.600. The van der Waals surface area contributed by atoms with Crippen molar-refractivity contribution in [2.75, 3.05) is 26.2 Å². The van der Waals surface area contributed by atoms with Crippen molar-refractivity contribution in [3.8, 4) is 0 Å². The summed E-state index contributed by atoms with van der Waals surface area (Å²) in [7, 11) is 0. The molecule has 0 spiro atoms. The summed E-state index contributed by atoms with van der Waals surface area (Å²) in [5.74, 6) is 0.853. The van der Waals surface area contributed by atoms with Crippen LogP contribution in [0, 0.1) is 5.92 Å². The van der Waals surface area contributed by atoms with E-state index in [9.17, 15) is 0 Å². The molecular formula is C15H20Br2N2. The van der Waals surface area contributed by atoms with Crippen molar-refractivity contribution in [2.24, 2.45) is 5.92 Å². The average Bonchev–Trinajstić information content (AvgIpc) is 2.38. The Balaban J connectivity index is 1.86. The fourth-order valence-corrected chi connectivity index (χ4v) is 3.84. The molecule has 0 bridgehead atoms. The third-order valence-electron chi connectivity index (χ3n) is 4.43. The van der Waals surface area contributed by atoms with Gasteiger partial charge in [-0.2, -0.15) is 0 Å². The molecule has 0 radical (unpaired) electrons. The van der Waals surface area contributed by atoms with Crippen molar-refractivity contribution in [3.63, 3.8) is 0 Å². The largest absolute Gasteiger partial charge is 0.314 e. The van der Waals surface area contributed by atoms with Crippen LogP contribution in [-0.4, -0.2) is 31.1 Å². The second-order valence-electron chi connectivity index (χ2n) is 5.60. The SMILES string of the molecule is Brc1ccc([C@H](C2CCC2)N2CCNCC2)cc1Br. The Morgan fingerprint density at radius 1 is 1.11 bits per heavy atom. The lowest BCUT2D eigenvalue weighted by Gasteiger charge is -2.43. The molecule has 1 saturated carbocycles. The van der Waals surface area contributed by atoms with Gasteiger partial charge < -0.3 is 5.32 Å². The van der Waals surface area contributed by atoms with E-state index in [4.69, 9.17) is 0 Å². The van der Waals surface area contributed by atoms with Crippen molar-refractivity contribution >= 4 is 31.9 Å². The Morgan fingerprint density at radius 3 is 2.42 bits per heavy atom. The summed E-state index contributed by atoms with van der Waals surface area (Å²) in [4.78, 5) is 2.68. The molecule has 1 heterocycles. The highest BCUT2D eigenvalue weighted by atomic mass is 79.9. The van der Waals surface area contributed by atoms with Gasteiger partial charge in [0.05, 0.1) is 0 Å². The quantitative estimate of drug-likeness (QED) is 0.844. The van der Waals surface area contributed by atoms with E-state index in [1.807, 2.05) is 0 Å². The third kappa shape index (κ3) is 3.07. The number of benzene rings is 1. The topological polar surface area (TPSA) is 15.3 Å². The molecule has 2 fully saturated rings. The predicted octanol–water partition coefficient (Wildman–Crippen LogP) is 3.96. The van der Waals surface area contributed by atoms with Gasteiger partial charge in [0, 0.05) is 41.2 Å². The van der Waals surface area contributed by atoms with Gasteiger partial charge in [0.25, 0.3) is 0 Å². The number of rotatable bonds is 3. The Kier molecular flexibility index (Phi) is 4.62. The van der Waals surface area contributed by atoms with E-state index in [0.717, 1.165) is 23.5 Å². The predicted molar refractivity (Wildman–Crippen MR) is 86.4 cm³/mol. The molecule has 0 aromatic heterocycles. The van der Waals surface area contributed by atoms with Crippen LogP contribution in [0.4, 0.5) is 0 Å². The highest BCUT2D eigenvalue weighted by Crippen LogP contribution is 2.42. The molecule has 1 saturated heterocycles. The molecule has 1 aromatic rings. The maximum Gasteiger partial charge on any atom is 0.0377 e. The lowest BCUT2D eigenvalue weighted by molar-refractivity contribution is 0.0837. The number of nitrogens with zero attached hydrogens (tertiary/aromatic N) is 1. The van der Waals surface area contributed by atoms with Gasteiger partial charge >= 0.3 is 0 Å². The third-order valence-corrected chi connectivity index (χ3v) is 6.31. The van der Waals surface area contributed by atoms with Gasteiger partial charge in [-0.05, 0) is 68.3 Å². The summed E-state index contributed by atoms with van der Waals surface area (Å²) < 4.78 is 2.31. The van der Waals surface area contributed by atoms with Crippen LogP contribution in [-0.2, 0) is 0 Å². The van der Waals surface area contributed by atoms with Crippen molar-refractivity contribution in [1.29, 1.82) is 0 Å². The molecule has 1 aliphatic carbocycles. The summed E-state index contributed by atoms with van der Waals surface area (Å²) in [6.45, 7) is 4.60. The minimum atomic E-state index is 0.611. The molecular weight excluding hydrogens is 368 g/mol. The lowest BCUT2D eigenvalue weighted by Crippen LogP contribution is -2.47. The van der Waals surface area contributed by atoms with Crippen LogP contribution in [0.15, 0.2) is 27.1 Å². The van der Waals surface area contributed by atoms with Gasteiger partial charge in [0.2, 0.25) is 0 Å². The van der Waals surface area contributed by atoms with Crippen LogP contribution in [0.2, 0.25) is 0 Å². The zero-order valence-corrected chi connectivity index (χ0v) is 14.2. The first-order valence-corrected chi connectivity index (χ1v) is 8.74. The minimum absolute atomic E-state index is 0.611. The van der Waals surface area contributed by atoms with Crippen molar-refractivity contribution in [2.45, 2.75) is 25.3 Å². The Morgan fingerprint density at radius 2 is 1.84 bits per heavy atom. The molecule has 4 heteroatoms. The van der Waals surface area contributed by atoms with Crippen LogP contribution >= 0.6 is 31.9 Å². The highest BCUT2D eigenvalue weighted by molar-refractivity contribution is 9.13. The maximum absolute atomic E-state index is 3.65. The van der Waals surface area contributed by atoms with Crippen molar-refractivity contribution in [1.82, 2.24) is 10.2 Å². The molecule has 19 heavy (non-hydrogen) atoms. The molecule has 0 amide bonds. The smallest absolute Gasteiger partial charge is 0.0377 e. The highest BCUT2D eigenvalue weighted by Gasteiger charge is 2.33. The summed E-state index contributed by atoms with van der Waals surface area (Å²) in [5, 5.41) is 3.46. The average molecular weight is 388 g/mol. The number of hydrogen-bond donors (Lipinski definition) is 1. The second-order valence-corrected chi connectivity index (χ2v) is 7.30. The molecule has 104 valence electrons. The van der Waals surface area contributed by atoms with E-state index in [1.165, 1.54) is 42.4 Å². The summed E-state index contributed by atoms with van der Waals surface area (Å²) >= 11 is 7.22. The van der Waals surface area contributed by atoms with Gasteiger partial charge in [-0.3, -0.25) is 4.90 Å².